The van der Waals surface area contributed by atoms with Gasteiger partial charge >= 0.3 is 6.18 Å². The van der Waals surface area contributed by atoms with Crippen LogP contribution in [0.25, 0.3) is 0 Å². The maximum Gasteiger partial charge on any atom is 0.416 e. The van der Waals surface area contributed by atoms with Crippen LogP contribution in [0.15, 0.2) is 48.5 Å². The highest BCUT2D eigenvalue weighted by Crippen LogP contribution is 2.31. The predicted octanol–water partition coefficient (Wildman–Crippen LogP) is 3.51. The molecule has 1 atom stereocenters. The highest BCUT2D eigenvalue weighted by atomic mass is 35.5. The Morgan fingerprint density at radius 3 is 2.74 bits per heavy atom. The molecule has 27 heavy (non-hydrogen) atoms. The van der Waals surface area contributed by atoms with Crippen LogP contribution in [-0.4, -0.2) is 25.6 Å². The van der Waals surface area contributed by atoms with E-state index in [-0.39, 0.29) is 36.7 Å². The Morgan fingerprint density at radius 2 is 1.96 bits per heavy atom. The van der Waals surface area contributed by atoms with E-state index in [1.807, 2.05) is 18.2 Å². The van der Waals surface area contributed by atoms with Crippen molar-refractivity contribution in [1.29, 1.82) is 0 Å². The van der Waals surface area contributed by atoms with Gasteiger partial charge in [0.1, 0.15) is 5.75 Å². The van der Waals surface area contributed by atoms with Crippen molar-refractivity contribution in [2.45, 2.75) is 18.6 Å². The number of halogens is 4. The smallest absolute Gasteiger partial charge is 0.416 e. The third-order valence-electron chi connectivity index (χ3n) is 4.25. The van der Waals surface area contributed by atoms with Crippen LogP contribution < -0.4 is 15.4 Å². The van der Waals surface area contributed by atoms with Crippen molar-refractivity contribution in [3.63, 3.8) is 0 Å². The molecule has 4 nitrogen and oxygen atoms in total. The Morgan fingerprint density at radius 1 is 1.19 bits per heavy atom. The van der Waals surface area contributed by atoms with Gasteiger partial charge in [-0.25, -0.2) is 0 Å². The summed E-state index contributed by atoms with van der Waals surface area (Å²) in [6.45, 7) is 0.885. The molecule has 146 valence electrons. The number of rotatable bonds is 5. The molecule has 0 fully saturated rings. The van der Waals surface area contributed by atoms with E-state index in [4.69, 9.17) is 4.74 Å². The van der Waals surface area contributed by atoms with Gasteiger partial charge in [0.05, 0.1) is 5.56 Å². The maximum atomic E-state index is 12.7. The number of hydrogen-bond donors (Lipinski definition) is 2. The third-order valence-corrected chi connectivity index (χ3v) is 4.25. The number of alkyl halides is 3. The Balaban J connectivity index is 0.00000261. The van der Waals surface area contributed by atoms with E-state index in [0.29, 0.717) is 6.54 Å². The van der Waals surface area contributed by atoms with E-state index in [2.05, 4.69) is 16.7 Å². The normalized spacial score (nSPS) is 16.0. The summed E-state index contributed by atoms with van der Waals surface area (Å²) in [5.41, 5.74) is 1.60. The van der Waals surface area contributed by atoms with Crippen molar-refractivity contribution in [1.82, 2.24) is 10.6 Å². The summed E-state index contributed by atoms with van der Waals surface area (Å²) in [5, 5.41) is 6.11. The molecule has 8 heteroatoms. The molecule has 0 radical (unpaired) electrons. The summed E-state index contributed by atoms with van der Waals surface area (Å²) < 4.78 is 43.2. The fourth-order valence-corrected chi connectivity index (χ4v) is 2.95. The summed E-state index contributed by atoms with van der Waals surface area (Å²) in [7, 11) is 0. The summed E-state index contributed by atoms with van der Waals surface area (Å²) in [6, 6.07) is 12.5. The maximum absolute atomic E-state index is 12.7. The molecule has 1 unspecified atom stereocenters. The second-order valence-electron chi connectivity index (χ2n) is 6.07. The van der Waals surface area contributed by atoms with Crippen LogP contribution in [0, 0.1) is 0 Å². The van der Waals surface area contributed by atoms with Crippen LogP contribution >= 0.6 is 12.4 Å². The second-order valence-corrected chi connectivity index (χ2v) is 6.07. The van der Waals surface area contributed by atoms with Gasteiger partial charge in [-0.05, 0) is 42.3 Å². The number of hydrogen-bond acceptors (Lipinski definition) is 3. The van der Waals surface area contributed by atoms with Gasteiger partial charge in [-0.3, -0.25) is 4.79 Å². The third kappa shape index (κ3) is 5.61. The highest BCUT2D eigenvalue weighted by Gasteiger charge is 2.30. The molecule has 3 rings (SSSR count). The average Bonchev–Trinajstić information content (AvgIpc) is 2.64. The molecule has 2 N–H and O–H groups in total. The zero-order chi connectivity index (χ0) is 18.6. The van der Waals surface area contributed by atoms with Crippen molar-refractivity contribution in [3.8, 4) is 5.75 Å². The lowest BCUT2D eigenvalue weighted by Crippen LogP contribution is -2.40. The molecule has 0 saturated heterocycles. The molecule has 1 aliphatic rings. The second kappa shape index (κ2) is 9.10. The molecular weight excluding hydrogens is 381 g/mol. The molecule has 0 aliphatic carbocycles. The fraction of sp³-hybridized carbons (Fsp3) is 0.316. The van der Waals surface area contributed by atoms with Crippen molar-refractivity contribution >= 4 is 18.3 Å². The number of amides is 1. The number of fused-ring (bicyclic) bond motifs is 1. The first kappa shape index (κ1) is 21.1. The van der Waals surface area contributed by atoms with Crippen LogP contribution in [0.4, 0.5) is 13.2 Å². The molecule has 1 aliphatic heterocycles. The van der Waals surface area contributed by atoms with Gasteiger partial charge in [0, 0.05) is 12.6 Å². The first-order valence-corrected chi connectivity index (χ1v) is 8.31. The predicted molar refractivity (Wildman–Crippen MR) is 98.1 cm³/mol. The van der Waals surface area contributed by atoms with E-state index < -0.39 is 11.7 Å². The Hall–Kier alpha value is -2.25. The van der Waals surface area contributed by atoms with E-state index in [1.54, 1.807) is 0 Å². The van der Waals surface area contributed by atoms with Crippen LogP contribution in [-0.2, 0) is 17.4 Å². The minimum absolute atomic E-state index is 0. The number of benzene rings is 2. The van der Waals surface area contributed by atoms with Crippen LogP contribution in [0.5, 0.6) is 5.75 Å². The Labute approximate surface area is 161 Å². The number of carbonyl (C=O) groups excluding carboxylic acids is 1. The molecule has 0 aromatic heterocycles. The lowest BCUT2D eigenvalue weighted by molar-refractivity contribution is -0.137. The molecule has 0 spiro atoms. The van der Waals surface area contributed by atoms with Gasteiger partial charge in [-0.1, -0.05) is 30.3 Å². The Kier molecular flexibility index (Phi) is 7.10. The van der Waals surface area contributed by atoms with Gasteiger partial charge in [-0.15, -0.1) is 12.4 Å². The molecule has 1 heterocycles. The van der Waals surface area contributed by atoms with Gasteiger partial charge in [0.15, 0.2) is 6.61 Å². The molecule has 0 saturated carbocycles. The van der Waals surface area contributed by atoms with Crippen LogP contribution in [0.3, 0.4) is 0 Å². The summed E-state index contributed by atoms with van der Waals surface area (Å²) in [4.78, 5) is 12.0. The number of ether oxygens (including phenoxy) is 1. The Bertz CT molecular complexity index is 784. The van der Waals surface area contributed by atoms with E-state index in [0.717, 1.165) is 30.7 Å². The molecule has 2 aromatic carbocycles. The minimum atomic E-state index is -4.44. The highest BCUT2D eigenvalue weighted by molar-refractivity contribution is 5.85. The van der Waals surface area contributed by atoms with Gasteiger partial charge < -0.3 is 15.4 Å². The van der Waals surface area contributed by atoms with Crippen LogP contribution in [0.2, 0.25) is 0 Å². The number of nitrogens with one attached hydrogen (secondary N) is 2. The minimum Gasteiger partial charge on any atom is -0.484 e. The fourth-order valence-electron chi connectivity index (χ4n) is 2.95. The van der Waals surface area contributed by atoms with Gasteiger partial charge in [0.25, 0.3) is 5.91 Å². The van der Waals surface area contributed by atoms with Gasteiger partial charge in [-0.2, -0.15) is 13.2 Å². The zero-order valence-corrected chi connectivity index (χ0v) is 15.2. The summed E-state index contributed by atoms with van der Waals surface area (Å²) in [5.74, 6) is -0.372. The monoisotopic (exact) mass is 400 g/mol. The lowest BCUT2D eigenvalue weighted by Gasteiger charge is -2.27. The van der Waals surface area contributed by atoms with Crippen molar-refractivity contribution in [2.24, 2.45) is 0 Å². The lowest BCUT2D eigenvalue weighted by atomic mass is 9.94. The van der Waals surface area contributed by atoms with Crippen molar-refractivity contribution in [3.05, 3.63) is 65.2 Å². The first-order valence-electron chi connectivity index (χ1n) is 8.31. The van der Waals surface area contributed by atoms with Gasteiger partial charge in [0.2, 0.25) is 0 Å². The van der Waals surface area contributed by atoms with E-state index in [9.17, 15) is 18.0 Å². The molecule has 0 bridgehead atoms. The summed E-state index contributed by atoms with van der Waals surface area (Å²) >= 11 is 0. The standard InChI is InChI=1S/C19H19F3N2O2.ClH/c20-19(21,22)14-5-3-6-15(10-14)26-12-18(25)24-11-17-16-7-2-1-4-13(16)8-9-23-17;/h1-7,10,17,23H,8-9,11-12H2,(H,24,25);1H. The topological polar surface area (TPSA) is 50.4 Å². The first-order chi connectivity index (χ1) is 12.4. The van der Waals surface area contributed by atoms with Crippen LogP contribution in [0.1, 0.15) is 22.7 Å². The quantitative estimate of drug-likeness (QED) is 0.807. The van der Waals surface area contributed by atoms with E-state index >= 15 is 0 Å². The SMILES string of the molecule is Cl.O=C(COc1cccc(C(F)(F)F)c1)NCC1NCCc2ccccc21. The zero-order valence-electron chi connectivity index (χ0n) is 14.4. The van der Waals surface area contributed by atoms with E-state index in [1.165, 1.54) is 17.7 Å². The molecule has 1 amide bonds. The largest absolute Gasteiger partial charge is 0.484 e. The average molecular weight is 401 g/mol. The molecule has 2 aromatic rings. The molecular formula is C19H20ClF3N2O2. The summed E-state index contributed by atoms with van der Waals surface area (Å²) in [6.07, 6.45) is -3.50. The van der Waals surface area contributed by atoms with Crippen molar-refractivity contribution < 1.29 is 22.7 Å². The van der Waals surface area contributed by atoms with Crippen molar-refractivity contribution in [2.75, 3.05) is 19.7 Å². The number of carbonyl (C=O) groups is 1.